The lowest BCUT2D eigenvalue weighted by Crippen LogP contribution is -2.31. The fraction of sp³-hybridized carbons (Fsp3) is 0.353. The number of ether oxygens (including phenoxy) is 1. The van der Waals surface area contributed by atoms with Crippen molar-refractivity contribution in [3.8, 4) is 5.75 Å². The summed E-state index contributed by atoms with van der Waals surface area (Å²) in [6.07, 6.45) is 0.832. The van der Waals surface area contributed by atoms with Crippen molar-refractivity contribution >= 4 is 16.7 Å². The van der Waals surface area contributed by atoms with Gasteiger partial charge in [-0.15, -0.1) is 0 Å². The van der Waals surface area contributed by atoms with E-state index in [1.54, 1.807) is 0 Å². The first kappa shape index (κ1) is 16.3. The number of aliphatic hydroxyl groups is 1. The Morgan fingerprint density at radius 1 is 1.32 bits per heavy atom. The van der Waals surface area contributed by atoms with Crippen LogP contribution < -0.4 is 15.8 Å². The molecule has 0 aromatic heterocycles. The molecular formula is C17H22N2O3. The molecule has 5 heteroatoms. The summed E-state index contributed by atoms with van der Waals surface area (Å²) in [4.78, 5) is 11.0. The molecule has 0 saturated carbocycles. The summed E-state index contributed by atoms with van der Waals surface area (Å²) in [7, 11) is 0. The van der Waals surface area contributed by atoms with Crippen LogP contribution in [-0.4, -0.2) is 30.3 Å². The van der Waals surface area contributed by atoms with Crippen LogP contribution >= 0.6 is 0 Å². The van der Waals surface area contributed by atoms with Crippen LogP contribution in [0.2, 0.25) is 0 Å². The van der Waals surface area contributed by atoms with Gasteiger partial charge in [0.15, 0.2) is 6.61 Å². The first-order valence-corrected chi connectivity index (χ1v) is 7.41. The van der Waals surface area contributed by atoms with E-state index in [-0.39, 0.29) is 19.3 Å². The summed E-state index contributed by atoms with van der Waals surface area (Å²) in [6, 6.07) is 11.8. The summed E-state index contributed by atoms with van der Waals surface area (Å²) >= 11 is 0. The van der Waals surface area contributed by atoms with Crippen LogP contribution in [0.3, 0.4) is 0 Å². The van der Waals surface area contributed by atoms with Gasteiger partial charge in [0.2, 0.25) is 0 Å². The van der Waals surface area contributed by atoms with Crippen molar-refractivity contribution in [2.24, 2.45) is 5.73 Å². The molecule has 1 amide bonds. The summed E-state index contributed by atoms with van der Waals surface area (Å²) in [5.74, 6) is 0.131. The molecule has 118 valence electrons. The molecule has 4 N–H and O–H groups in total. The van der Waals surface area contributed by atoms with Crippen molar-refractivity contribution in [2.75, 3.05) is 13.2 Å². The van der Waals surface area contributed by atoms with E-state index in [4.69, 9.17) is 10.5 Å². The molecule has 0 aliphatic carbocycles. The second-order valence-corrected chi connectivity index (χ2v) is 5.19. The quantitative estimate of drug-likeness (QED) is 0.691. The third-order valence-electron chi connectivity index (χ3n) is 3.65. The number of rotatable bonds is 8. The highest BCUT2D eigenvalue weighted by Crippen LogP contribution is 2.28. The van der Waals surface area contributed by atoms with Gasteiger partial charge in [0, 0.05) is 18.2 Å². The Bertz CT molecular complexity index is 639. The Morgan fingerprint density at radius 2 is 2.09 bits per heavy atom. The highest BCUT2D eigenvalue weighted by molar-refractivity contribution is 5.88. The van der Waals surface area contributed by atoms with Gasteiger partial charge in [0.25, 0.3) is 5.91 Å². The van der Waals surface area contributed by atoms with E-state index in [1.165, 1.54) is 0 Å². The number of carbonyl (C=O) groups excluding carboxylic acids is 1. The zero-order valence-electron chi connectivity index (χ0n) is 12.7. The summed E-state index contributed by atoms with van der Waals surface area (Å²) in [5, 5.41) is 14.8. The number of nitrogens with two attached hydrogens (primary N) is 1. The molecule has 1 unspecified atom stereocenters. The van der Waals surface area contributed by atoms with Gasteiger partial charge >= 0.3 is 0 Å². The maximum Gasteiger partial charge on any atom is 0.255 e. The molecule has 0 spiro atoms. The van der Waals surface area contributed by atoms with Crippen molar-refractivity contribution < 1.29 is 14.6 Å². The molecule has 2 aromatic rings. The Balaban J connectivity index is 2.32. The third-order valence-corrected chi connectivity index (χ3v) is 3.65. The summed E-state index contributed by atoms with van der Waals surface area (Å²) in [5.41, 5.74) is 6.12. The molecule has 0 heterocycles. The average Bonchev–Trinajstić information content (AvgIpc) is 2.54. The van der Waals surface area contributed by atoms with Crippen LogP contribution in [0.4, 0.5) is 0 Å². The lowest BCUT2D eigenvalue weighted by molar-refractivity contribution is -0.119. The Hall–Kier alpha value is -2.11. The Morgan fingerprint density at radius 3 is 2.77 bits per heavy atom. The minimum absolute atomic E-state index is 0.0305. The molecule has 22 heavy (non-hydrogen) atoms. The largest absolute Gasteiger partial charge is 0.483 e. The number of nitrogens with one attached hydrogen (secondary N) is 1. The van der Waals surface area contributed by atoms with Gasteiger partial charge in [0.1, 0.15) is 5.75 Å². The molecule has 2 aromatic carbocycles. The maximum absolute atomic E-state index is 11.0. The van der Waals surface area contributed by atoms with Crippen molar-refractivity contribution in [1.29, 1.82) is 0 Å². The number of carbonyl (C=O) groups is 1. The molecule has 2 rings (SSSR count). The number of aliphatic hydroxyl groups excluding tert-OH is 1. The van der Waals surface area contributed by atoms with Crippen LogP contribution in [-0.2, 0) is 11.3 Å². The summed E-state index contributed by atoms with van der Waals surface area (Å²) in [6.45, 7) is 2.50. The predicted octanol–water partition coefficient (Wildman–Crippen LogP) is 1.56. The maximum atomic E-state index is 11.0. The average molecular weight is 302 g/mol. The van der Waals surface area contributed by atoms with Crippen molar-refractivity contribution in [1.82, 2.24) is 5.32 Å². The van der Waals surface area contributed by atoms with Gasteiger partial charge in [-0.2, -0.15) is 0 Å². The van der Waals surface area contributed by atoms with Gasteiger partial charge in [-0.1, -0.05) is 37.3 Å². The smallest absolute Gasteiger partial charge is 0.255 e. The number of hydrogen-bond acceptors (Lipinski definition) is 4. The zero-order chi connectivity index (χ0) is 15.9. The van der Waals surface area contributed by atoms with Crippen LogP contribution in [0.1, 0.15) is 18.9 Å². The van der Waals surface area contributed by atoms with Crippen LogP contribution in [0, 0.1) is 0 Å². The zero-order valence-corrected chi connectivity index (χ0v) is 12.7. The Labute approximate surface area is 130 Å². The van der Waals surface area contributed by atoms with E-state index in [0.29, 0.717) is 12.3 Å². The molecule has 1 atom stereocenters. The number of primary amides is 1. The van der Waals surface area contributed by atoms with E-state index in [0.717, 1.165) is 22.8 Å². The van der Waals surface area contributed by atoms with Crippen LogP contribution in [0.5, 0.6) is 5.75 Å². The molecule has 0 fully saturated rings. The lowest BCUT2D eigenvalue weighted by atomic mass is 10.0. The topological polar surface area (TPSA) is 84.6 Å². The molecule has 5 nitrogen and oxygen atoms in total. The molecular weight excluding hydrogens is 280 g/mol. The first-order valence-electron chi connectivity index (χ1n) is 7.41. The van der Waals surface area contributed by atoms with E-state index >= 15 is 0 Å². The SMILES string of the molecule is CCC(CO)NCc1c(OCC(N)=O)ccc2ccccc12. The monoisotopic (exact) mass is 302 g/mol. The number of amides is 1. The fourth-order valence-electron chi connectivity index (χ4n) is 2.37. The number of fused-ring (bicyclic) bond motifs is 1. The molecule has 0 radical (unpaired) electrons. The fourth-order valence-corrected chi connectivity index (χ4v) is 2.37. The van der Waals surface area contributed by atoms with Crippen molar-refractivity contribution in [3.05, 3.63) is 42.0 Å². The minimum Gasteiger partial charge on any atom is -0.483 e. The second kappa shape index (κ2) is 7.77. The van der Waals surface area contributed by atoms with E-state index in [9.17, 15) is 9.90 Å². The van der Waals surface area contributed by atoms with Crippen molar-refractivity contribution in [3.63, 3.8) is 0 Å². The van der Waals surface area contributed by atoms with E-state index < -0.39 is 5.91 Å². The van der Waals surface area contributed by atoms with Crippen LogP contribution in [0.15, 0.2) is 36.4 Å². The normalized spacial score (nSPS) is 12.3. The van der Waals surface area contributed by atoms with Crippen LogP contribution in [0.25, 0.3) is 10.8 Å². The van der Waals surface area contributed by atoms with Crippen molar-refractivity contribution in [2.45, 2.75) is 25.9 Å². The highest BCUT2D eigenvalue weighted by atomic mass is 16.5. The molecule has 0 saturated heterocycles. The molecule has 0 aliphatic rings. The predicted molar refractivity (Wildman–Crippen MR) is 86.6 cm³/mol. The summed E-state index contributed by atoms with van der Waals surface area (Å²) < 4.78 is 5.53. The van der Waals surface area contributed by atoms with Gasteiger partial charge in [0.05, 0.1) is 6.61 Å². The first-order chi connectivity index (χ1) is 10.7. The highest BCUT2D eigenvalue weighted by Gasteiger charge is 2.12. The Kier molecular flexibility index (Phi) is 5.75. The standard InChI is InChI=1S/C17H22N2O3/c1-2-13(10-20)19-9-15-14-6-4-3-5-12(14)7-8-16(15)22-11-17(18)21/h3-8,13,19-20H,2,9-11H2,1H3,(H2,18,21). The minimum atomic E-state index is -0.506. The van der Waals surface area contributed by atoms with Gasteiger partial charge < -0.3 is 20.9 Å². The third kappa shape index (κ3) is 3.96. The van der Waals surface area contributed by atoms with Gasteiger partial charge in [-0.05, 0) is 23.3 Å². The molecule has 0 bridgehead atoms. The lowest BCUT2D eigenvalue weighted by Gasteiger charge is -2.18. The number of hydrogen-bond donors (Lipinski definition) is 3. The van der Waals surface area contributed by atoms with Gasteiger partial charge in [-0.25, -0.2) is 0 Å². The second-order valence-electron chi connectivity index (χ2n) is 5.19. The van der Waals surface area contributed by atoms with E-state index in [1.807, 2.05) is 43.3 Å². The van der Waals surface area contributed by atoms with E-state index in [2.05, 4.69) is 5.32 Å². The molecule has 0 aliphatic heterocycles. The number of benzene rings is 2. The van der Waals surface area contributed by atoms with Gasteiger partial charge in [-0.3, -0.25) is 4.79 Å².